The molecule has 1 heterocycles. The topological polar surface area (TPSA) is 80.1 Å². The number of nitrogens with zero attached hydrogens (tertiary/aromatic N) is 2. The van der Waals surface area contributed by atoms with Crippen molar-refractivity contribution in [3.05, 3.63) is 76.3 Å². The van der Waals surface area contributed by atoms with Gasteiger partial charge in [-0.05, 0) is 29.8 Å². The molecule has 0 aliphatic rings. The number of furan rings is 1. The van der Waals surface area contributed by atoms with Gasteiger partial charge in [0.2, 0.25) is 0 Å². The summed E-state index contributed by atoms with van der Waals surface area (Å²) in [6, 6.07) is 11.5. The van der Waals surface area contributed by atoms with E-state index < -0.39 is 4.92 Å². The van der Waals surface area contributed by atoms with Crippen molar-refractivity contribution in [2.45, 2.75) is 0 Å². The number of hydrogen-bond donors (Lipinski definition) is 0. The van der Waals surface area contributed by atoms with E-state index in [-0.39, 0.29) is 5.69 Å². The number of nitro groups is 1. The molecule has 0 spiro atoms. The van der Waals surface area contributed by atoms with Crippen LogP contribution in [0.3, 0.4) is 0 Å². The van der Waals surface area contributed by atoms with Crippen LogP contribution in [0.5, 0.6) is 0 Å². The Labute approximate surface area is 115 Å². The van der Waals surface area contributed by atoms with E-state index in [0.717, 1.165) is 0 Å². The Kier molecular flexibility index (Phi) is 4.10. The van der Waals surface area contributed by atoms with Gasteiger partial charge in [0.05, 0.1) is 22.8 Å². The van der Waals surface area contributed by atoms with Crippen LogP contribution in [0, 0.1) is 21.4 Å². The maximum atomic E-state index is 10.7. The number of nitriles is 1. The number of hydrogen-bond acceptors (Lipinski definition) is 4. The number of benzene rings is 1. The van der Waals surface area contributed by atoms with E-state index in [1.165, 1.54) is 12.1 Å². The van der Waals surface area contributed by atoms with Gasteiger partial charge in [-0.25, -0.2) is 0 Å². The molecule has 0 radical (unpaired) electrons. The lowest BCUT2D eigenvalue weighted by Gasteiger charge is -1.97. The van der Waals surface area contributed by atoms with Crippen molar-refractivity contribution in [1.82, 2.24) is 0 Å². The first-order valence-electron chi connectivity index (χ1n) is 5.77. The Hall–Kier alpha value is -3.13. The Morgan fingerprint density at radius 1 is 1.35 bits per heavy atom. The molecule has 0 aliphatic heterocycles. The lowest BCUT2D eigenvalue weighted by Crippen LogP contribution is -1.89. The van der Waals surface area contributed by atoms with Crippen LogP contribution in [0.1, 0.15) is 11.3 Å². The van der Waals surface area contributed by atoms with Crippen molar-refractivity contribution in [2.75, 3.05) is 0 Å². The molecule has 1 aromatic heterocycles. The summed E-state index contributed by atoms with van der Waals surface area (Å²) < 4.78 is 5.12. The Morgan fingerprint density at radius 2 is 2.20 bits per heavy atom. The highest BCUT2D eigenvalue weighted by molar-refractivity contribution is 5.79. The summed E-state index contributed by atoms with van der Waals surface area (Å²) in [5, 5.41) is 19.8. The molecule has 5 heteroatoms. The Morgan fingerprint density at radius 3 is 2.85 bits per heavy atom. The van der Waals surface area contributed by atoms with E-state index in [9.17, 15) is 10.1 Å². The van der Waals surface area contributed by atoms with Gasteiger partial charge in [-0.15, -0.1) is 0 Å². The monoisotopic (exact) mass is 266 g/mol. The van der Waals surface area contributed by atoms with E-state index in [2.05, 4.69) is 0 Å². The second-order valence-electron chi connectivity index (χ2n) is 3.87. The molecule has 1 aromatic carbocycles. The fourth-order valence-electron chi connectivity index (χ4n) is 1.61. The minimum absolute atomic E-state index is 0.0429. The molecule has 0 saturated heterocycles. The summed E-state index contributed by atoms with van der Waals surface area (Å²) in [5.41, 5.74) is 0.806. The summed E-state index contributed by atoms with van der Waals surface area (Å²) in [4.78, 5) is 10.2. The van der Waals surface area contributed by atoms with Crippen LogP contribution in [0.25, 0.3) is 11.6 Å². The number of rotatable bonds is 4. The molecule has 0 fully saturated rings. The highest BCUT2D eigenvalue weighted by Gasteiger charge is 2.07. The fourth-order valence-corrected chi connectivity index (χ4v) is 1.61. The first-order chi connectivity index (χ1) is 9.70. The molecule has 0 saturated carbocycles. The third-order valence-electron chi connectivity index (χ3n) is 2.55. The van der Waals surface area contributed by atoms with E-state index in [0.29, 0.717) is 16.9 Å². The van der Waals surface area contributed by atoms with E-state index >= 15 is 0 Å². The average molecular weight is 266 g/mol. The lowest BCUT2D eigenvalue weighted by molar-refractivity contribution is -0.384. The van der Waals surface area contributed by atoms with Crippen LogP contribution in [-0.2, 0) is 0 Å². The van der Waals surface area contributed by atoms with Gasteiger partial charge in [-0.3, -0.25) is 10.1 Å². The zero-order valence-electron chi connectivity index (χ0n) is 10.4. The quantitative estimate of drug-likeness (QED) is 0.365. The lowest BCUT2D eigenvalue weighted by atomic mass is 10.1. The first-order valence-corrected chi connectivity index (χ1v) is 5.77. The standard InChI is InChI=1S/C15H10N2O3/c16-11-13(5-2-7-15-8-3-9-20-15)12-4-1-6-14(10-12)17(18)19/h1-10H/b7-2+,13-5-. The van der Waals surface area contributed by atoms with Gasteiger partial charge in [-0.2, -0.15) is 5.26 Å². The van der Waals surface area contributed by atoms with E-state index in [1.54, 1.807) is 48.8 Å². The zero-order chi connectivity index (χ0) is 14.4. The molecule has 0 aliphatic carbocycles. The van der Waals surface area contributed by atoms with Crippen molar-refractivity contribution < 1.29 is 9.34 Å². The molecule has 5 nitrogen and oxygen atoms in total. The molecule has 0 bridgehead atoms. The molecule has 0 atom stereocenters. The molecular weight excluding hydrogens is 256 g/mol. The van der Waals surface area contributed by atoms with Crippen molar-refractivity contribution in [2.24, 2.45) is 0 Å². The van der Waals surface area contributed by atoms with Gasteiger partial charge < -0.3 is 4.42 Å². The number of non-ortho nitro benzene ring substituents is 1. The van der Waals surface area contributed by atoms with Gasteiger partial charge in [-0.1, -0.05) is 18.2 Å². The predicted molar refractivity (Wildman–Crippen MR) is 74.4 cm³/mol. The third-order valence-corrected chi connectivity index (χ3v) is 2.55. The van der Waals surface area contributed by atoms with Crippen LogP contribution >= 0.6 is 0 Å². The number of allylic oxidation sites excluding steroid dienone is 3. The number of nitro benzene ring substituents is 1. The van der Waals surface area contributed by atoms with Crippen molar-refractivity contribution in [1.29, 1.82) is 5.26 Å². The summed E-state index contributed by atoms with van der Waals surface area (Å²) >= 11 is 0. The molecule has 20 heavy (non-hydrogen) atoms. The van der Waals surface area contributed by atoms with Gasteiger partial charge in [0, 0.05) is 12.1 Å². The summed E-state index contributed by atoms with van der Waals surface area (Å²) in [6.07, 6.45) is 6.50. The summed E-state index contributed by atoms with van der Waals surface area (Å²) in [7, 11) is 0. The molecular formula is C15H10N2O3. The summed E-state index contributed by atoms with van der Waals surface area (Å²) in [6.45, 7) is 0. The van der Waals surface area contributed by atoms with Gasteiger partial charge in [0.25, 0.3) is 5.69 Å². The molecule has 98 valence electrons. The van der Waals surface area contributed by atoms with Crippen molar-refractivity contribution in [3.8, 4) is 6.07 Å². The highest BCUT2D eigenvalue weighted by atomic mass is 16.6. The molecule has 0 N–H and O–H groups in total. The largest absolute Gasteiger partial charge is 0.465 e. The second kappa shape index (κ2) is 6.16. The van der Waals surface area contributed by atoms with Gasteiger partial charge in [0.15, 0.2) is 0 Å². The maximum Gasteiger partial charge on any atom is 0.270 e. The van der Waals surface area contributed by atoms with Crippen molar-refractivity contribution in [3.63, 3.8) is 0 Å². The molecule has 2 aromatic rings. The van der Waals surface area contributed by atoms with Crippen LogP contribution in [-0.4, -0.2) is 4.92 Å². The molecule has 0 amide bonds. The zero-order valence-corrected chi connectivity index (χ0v) is 10.4. The first kappa shape index (κ1) is 13.3. The van der Waals surface area contributed by atoms with Crippen LogP contribution < -0.4 is 0 Å². The van der Waals surface area contributed by atoms with Gasteiger partial charge >= 0.3 is 0 Å². The SMILES string of the molecule is N#C/C(=C/C=C/c1ccco1)c1cccc([N+](=O)[O-])c1. The van der Waals surface area contributed by atoms with E-state index in [1.807, 2.05) is 6.07 Å². The highest BCUT2D eigenvalue weighted by Crippen LogP contribution is 2.20. The fraction of sp³-hybridized carbons (Fsp3) is 0. The third kappa shape index (κ3) is 3.21. The van der Waals surface area contributed by atoms with Crippen LogP contribution in [0.4, 0.5) is 5.69 Å². The van der Waals surface area contributed by atoms with Crippen LogP contribution in [0.2, 0.25) is 0 Å². The average Bonchev–Trinajstić information content (AvgIpc) is 2.97. The molecule has 0 unspecified atom stereocenters. The predicted octanol–water partition coefficient (Wildman–Crippen LogP) is 3.81. The molecule has 2 rings (SSSR count). The minimum atomic E-state index is -0.489. The minimum Gasteiger partial charge on any atom is -0.465 e. The Balaban J connectivity index is 2.26. The van der Waals surface area contributed by atoms with Crippen molar-refractivity contribution >= 4 is 17.3 Å². The smallest absolute Gasteiger partial charge is 0.270 e. The Bertz CT molecular complexity index is 707. The second-order valence-corrected chi connectivity index (χ2v) is 3.87. The van der Waals surface area contributed by atoms with E-state index in [4.69, 9.17) is 9.68 Å². The summed E-state index contributed by atoms with van der Waals surface area (Å²) in [5.74, 6) is 0.664. The maximum absolute atomic E-state index is 10.7. The van der Waals surface area contributed by atoms with Gasteiger partial charge in [0.1, 0.15) is 5.76 Å². The van der Waals surface area contributed by atoms with Crippen LogP contribution in [0.15, 0.2) is 59.2 Å². The normalized spacial score (nSPS) is 11.4.